The first-order valence-corrected chi connectivity index (χ1v) is 6.10. The van der Waals surface area contributed by atoms with Crippen molar-refractivity contribution in [1.29, 1.82) is 0 Å². The summed E-state index contributed by atoms with van der Waals surface area (Å²) in [6, 6.07) is 7.29. The summed E-state index contributed by atoms with van der Waals surface area (Å²) in [5.74, 6) is -0.242. The molecule has 0 aliphatic carbocycles. The Hall–Kier alpha value is -2.21. The van der Waals surface area contributed by atoms with Crippen molar-refractivity contribution < 1.29 is 4.79 Å². The molecule has 18 heavy (non-hydrogen) atoms. The van der Waals surface area contributed by atoms with E-state index in [2.05, 4.69) is 15.5 Å². The molecule has 3 N–H and O–H groups in total. The van der Waals surface area contributed by atoms with E-state index in [1.807, 2.05) is 19.1 Å². The number of aryl methyl sites for hydroxylation is 1. The Bertz CT molecular complexity index is 591. The number of nitrogens with two attached hydrogens (primary N) is 1. The lowest BCUT2D eigenvalue weighted by Gasteiger charge is -1.96. The number of nitrogens with zero attached hydrogens (tertiary/aromatic N) is 2. The van der Waals surface area contributed by atoms with Gasteiger partial charge in [0.05, 0.1) is 0 Å². The Balaban J connectivity index is 1.99. The lowest BCUT2D eigenvalue weighted by molar-refractivity contribution is -0.111. The number of hydrogen-bond acceptors (Lipinski definition) is 5. The molecule has 1 aromatic heterocycles. The number of carbonyl (C=O) groups is 1. The molecule has 0 bridgehead atoms. The van der Waals surface area contributed by atoms with Crippen molar-refractivity contribution >= 4 is 34.1 Å². The molecule has 2 rings (SSSR count). The Morgan fingerprint density at radius 2 is 2.28 bits per heavy atom. The molecule has 0 atom stereocenters. The van der Waals surface area contributed by atoms with Crippen LogP contribution in [0.15, 0.2) is 30.3 Å². The molecule has 0 saturated heterocycles. The topological polar surface area (TPSA) is 80.9 Å². The molecule has 0 saturated carbocycles. The first-order chi connectivity index (χ1) is 8.63. The van der Waals surface area contributed by atoms with E-state index in [9.17, 15) is 4.79 Å². The third-order valence-corrected chi connectivity index (χ3v) is 2.85. The molecule has 1 amide bonds. The second-order valence-electron chi connectivity index (χ2n) is 3.62. The number of aromatic nitrogens is 2. The van der Waals surface area contributed by atoms with Crippen LogP contribution < -0.4 is 11.1 Å². The number of hydrogen-bond donors (Lipinski definition) is 2. The summed E-state index contributed by atoms with van der Waals surface area (Å²) in [7, 11) is 0. The molecular formula is C12H12N4OS. The smallest absolute Gasteiger partial charge is 0.250 e. The number of rotatable bonds is 3. The van der Waals surface area contributed by atoms with Gasteiger partial charge in [-0.3, -0.25) is 10.1 Å². The molecule has 5 nitrogen and oxygen atoms in total. The van der Waals surface area contributed by atoms with Crippen LogP contribution in [0.5, 0.6) is 0 Å². The molecule has 0 fully saturated rings. The van der Waals surface area contributed by atoms with E-state index in [0.29, 0.717) is 10.8 Å². The highest BCUT2D eigenvalue weighted by molar-refractivity contribution is 7.15. The van der Waals surface area contributed by atoms with Crippen molar-refractivity contribution in [2.24, 2.45) is 0 Å². The van der Waals surface area contributed by atoms with Crippen LogP contribution in [0.3, 0.4) is 0 Å². The molecule has 1 aromatic carbocycles. The van der Waals surface area contributed by atoms with Crippen LogP contribution in [0.1, 0.15) is 10.6 Å². The first kappa shape index (κ1) is 12.3. The van der Waals surface area contributed by atoms with Gasteiger partial charge in [-0.15, -0.1) is 10.2 Å². The van der Waals surface area contributed by atoms with E-state index in [4.69, 9.17) is 5.73 Å². The van der Waals surface area contributed by atoms with Gasteiger partial charge in [0.1, 0.15) is 5.01 Å². The van der Waals surface area contributed by atoms with E-state index in [1.165, 1.54) is 17.4 Å². The quantitative estimate of drug-likeness (QED) is 0.654. The van der Waals surface area contributed by atoms with Crippen molar-refractivity contribution in [3.8, 4) is 0 Å². The van der Waals surface area contributed by atoms with E-state index < -0.39 is 0 Å². The highest BCUT2D eigenvalue weighted by Gasteiger charge is 2.02. The summed E-state index contributed by atoms with van der Waals surface area (Å²) in [4.78, 5) is 11.6. The molecule has 0 aliphatic heterocycles. The molecule has 0 spiro atoms. The van der Waals surface area contributed by atoms with Gasteiger partial charge < -0.3 is 5.73 Å². The van der Waals surface area contributed by atoms with Gasteiger partial charge in [0, 0.05) is 11.8 Å². The number of nitrogens with one attached hydrogen (secondary N) is 1. The van der Waals surface area contributed by atoms with Crippen LogP contribution in [-0.4, -0.2) is 16.1 Å². The minimum absolute atomic E-state index is 0.242. The van der Waals surface area contributed by atoms with Gasteiger partial charge >= 0.3 is 0 Å². The zero-order valence-corrected chi connectivity index (χ0v) is 10.6. The highest BCUT2D eigenvalue weighted by Crippen LogP contribution is 2.13. The number of benzene rings is 1. The second kappa shape index (κ2) is 5.42. The summed E-state index contributed by atoms with van der Waals surface area (Å²) < 4.78 is 0. The number of amides is 1. The Labute approximate surface area is 108 Å². The van der Waals surface area contributed by atoms with Gasteiger partial charge in [-0.25, -0.2) is 0 Å². The summed E-state index contributed by atoms with van der Waals surface area (Å²) in [6.45, 7) is 1.83. The van der Waals surface area contributed by atoms with Crippen molar-refractivity contribution in [1.82, 2.24) is 10.2 Å². The fourth-order valence-electron chi connectivity index (χ4n) is 1.33. The average Bonchev–Trinajstić information content (AvgIpc) is 2.72. The predicted molar refractivity (Wildman–Crippen MR) is 73.2 cm³/mol. The zero-order valence-electron chi connectivity index (χ0n) is 9.75. The normalized spacial score (nSPS) is 10.7. The molecule has 92 valence electrons. The van der Waals surface area contributed by atoms with Crippen LogP contribution in [0.2, 0.25) is 0 Å². The lowest BCUT2D eigenvalue weighted by atomic mass is 10.2. The molecule has 6 heteroatoms. The fourth-order valence-corrected chi connectivity index (χ4v) is 1.92. The van der Waals surface area contributed by atoms with Crippen LogP contribution in [0.4, 0.5) is 10.8 Å². The summed E-state index contributed by atoms with van der Waals surface area (Å²) in [5, 5.41) is 11.6. The maximum absolute atomic E-state index is 11.6. The van der Waals surface area contributed by atoms with Gasteiger partial charge in [0.2, 0.25) is 11.0 Å². The van der Waals surface area contributed by atoms with Crippen molar-refractivity contribution in [2.75, 3.05) is 11.1 Å². The summed E-state index contributed by atoms with van der Waals surface area (Å²) in [6.07, 6.45) is 3.13. The largest absolute Gasteiger partial charge is 0.399 e. The monoisotopic (exact) mass is 260 g/mol. The standard InChI is InChI=1S/C12H12N4OS/c1-8-15-16-12(18-8)14-11(17)6-5-9-3-2-4-10(13)7-9/h2-7H,13H2,1H3,(H,14,16,17)/b6-5+. The highest BCUT2D eigenvalue weighted by atomic mass is 32.1. The Morgan fingerprint density at radius 1 is 1.44 bits per heavy atom. The first-order valence-electron chi connectivity index (χ1n) is 5.28. The minimum Gasteiger partial charge on any atom is -0.399 e. The maximum Gasteiger partial charge on any atom is 0.250 e. The van der Waals surface area contributed by atoms with Crippen LogP contribution in [0.25, 0.3) is 6.08 Å². The van der Waals surface area contributed by atoms with E-state index in [1.54, 1.807) is 18.2 Å². The van der Waals surface area contributed by atoms with Gasteiger partial charge in [-0.05, 0) is 30.7 Å². The fraction of sp³-hybridized carbons (Fsp3) is 0.0833. The Morgan fingerprint density at radius 3 is 2.94 bits per heavy atom. The lowest BCUT2D eigenvalue weighted by Crippen LogP contribution is -2.07. The van der Waals surface area contributed by atoms with Gasteiger partial charge in [0.25, 0.3) is 0 Å². The van der Waals surface area contributed by atoms with Crippen LogP contribution >= 0.6 is 11.3 Å². The minimum atomic E-state index is -0.242. The average molecular weight is 260 g/mol. The molecule has 1 heterocycles. The maximum atomic E-state index is 11.6. The van der Waals surface area contributed by atoms with Crippen LogP contribution in [0, 0.1) is 6.92 Å². The molecule has 0 aliphatic rings. The number of anilines is 2. The van der Waals surface area contributed by atoms with Crippen LogP contribution in [-0.2, 0) is 4.79 Å². The molecular weight excluding hydrogens is 248 g/mol. The van der Waals surface area contributed by atoms with E-state index in [-0.39, 0.29) is 5.91 Å². The van der Waals surface area contributed by atoms with Crippen molar-refractivity contribution in [3.63, 3.8) is 0 Å². The van der Waals surface area contributed by atoms with Gasteiger partial charge in [0.15, 0.2) is 0 Å². The molecule has 0 radical (unpaired) electrons. The van der Waals surface area contributed by atoms with Gasteiger partial charge in [-0.2, -0.15) is 0 Å². The third kappa shape index (κ3) is 3.39. The third-order valence-electron chi connectivity index (χ3n) is 2.09. The van der Waals surface area contributed by atoms with E-state index in [0.717, 1.165) is 10.6 Å². The summed E-state index contributed by atoms with van der Waals surface area (Å²) >= 11 is 1.33. The summed E-state index contributed by atoms with van der Waals surface area (Å²) in [5.41, 5.74) is 7.18. The molecule has 0 unspecified atom stereocenters. The zero-order chi connectivity index (χ0) is 13.0. The number of nitrogen functional groups attached to an aromatic ring is 1. The molecule has 2 aromatic rings. The Kier molecular flexibility index (Phi) is 3.69. The van der Waals surface area contributed by atoms with Gasteiger partial charge in [-0.1, -0.05) is 23.5 Å². The second-order valence-corrected chi connectivity index (χ2v) is 4.80. The predicted octanol–water partition coefficient (Wildman–Crippen LogP) is 2.08. The van der Waals surface area contributed by atoms with Crippen molar-refractivity contribution in [2.45, 2.75) is 6.92 Å². The van der Waals surface area contributed by atoms with E-state index >= 15 is 0 Å². The SMILES string of the molecule is Cc1nnc(NC(=O)/C=C/c2cccc(N)c2)s1. The number of carbonyl (C=O) groups excluding carboxylic acids is 1. The van der Waals surface area contributed by atoms with Crippen molar-refractivity contribution in [3.05, 3.63) is 40.9 Å².